The molecule has 1 aromatic carbocycles. The maximum absolute atomic E-state index is 9.66. The topological polar surface area (TPSA) is 51.4 Å². The van der Waals surface area contributed by atoms with Gasteiger partial charge in [0.05, 0.1) is 17.3 Å². The van der Waals surface area contributed by atoms with Crippen molar-refractivity contribution in [1.82, 2.24) is 10.3 Å². The average molecular weight is 362 g/mol. The van der Waals surface area contributed by atoms with Crippen LogP contribution in [0.4, 0.5) is 0 Å². The molecule has 0 unspecified atom stereocenters. The van der Waals surface area contributed by atoms with Gasteiger partial charge in [0.25, 0.3) is 0 Å². The van der Waals surface area contributed by atoms with Crippen LogP contribution in [0.5, 0.6) is 0 Å². The van der Waals surface area contributed by atoms with Gasteiger partial charge >= 0.3 is 0 Å². The Morgan fingerprint density at radius 1 is 1.48 bits per heavy atom. The summed E-state index contributed by atoms with van der Waals surface area (Å²) in [6, 6.07) is 8.54. The van der Waals surface area contributed by atoms with E-state index in [-0.39, 0.29) is 0 Å². The van der Waals surface area contributed by atoms with Crippen molar-refractivity contribution in [2.24, 2.45) is 10.9 Å². The molecule has 1 fully saturated rings. The molecule has 1 aliphatic heterocycles. The van der Waals surface area contributed by atoms with Crippen LogP contribution in [0.15, 0.2) is 41.2 Å². The fourth-order valence-corrected chi connectivity index (χ4v) is 3.43. The van der Waals surface area contributed by atoms with Crippen LogP contribution in [0.25, 0.3) is 5.57 Å². The SMILES string of the molecule is C=C(NN1BCCC1)/C(=C(C)/N=C\C)c1ccc(CCC(C)C)c(C#N)c1. The van der Waals surface area contributed by atoms with Gasteiger partial charge in [-0.25, -0.2) is 0 Å². The monoisotopic (exact) mass is 362 g/mol. The highest BCUT2D eigenvalue weighted by Gasteiger charge is 2.18. The molecule has 2 rings (SSSR count). The van der Waals surface area contributed by atoms with Crippen LogP contribution in [0, 0.1) is 17.2 Å². The molecule has 142 valence electrons. The van der Waals surface area contributed by atoms with Crippen molar-refractivity contribution in [2.75, 3.05) is 6.54 Å². The van der Waals surface area contributed by atoms with E-state index < -0.39 is 0 Å². The number of benzene rings is 1. The molecular formula is C22H31BN4. The zero-order valence-corrected chi connectivity index (χ0v) is 17.2. The number of nitrogens with one attached hydrogen (secondary N) is 1. The van der Waals surface area contributed by atoms with Crippen molar-refractivity contribution in [1.29, 1.82) is 5.26 Å². The highest BCUT2D eigenvalue weighted by Crippen LogP contribution is 2.28. The number of rotatable bonds is 8. The number of allylic oxidation sites excluding steroid dienone is 2. The fourth-order valence-electron chi connectivity index (χ4n) is 3.43. The fraction of sp³-hybridized carbons (Fsp3) is 0.455. The van der Waals surface area contributed by atoms with Gasteiger partial charge in [-0.2, -0.15) is 5.26 Å². The normalized spacial score (nSPS) is 15.6. The number of aryl methyl sites for hydroxylation is 1. The van der Waals surface area contributed by atoms with Crippen molar-refractivity contribution in [3.63, 3.8) is 0 Å². The molecule has 1 aromatic rings. The number of nitriles is 1. The molecule has 0 radical (unpaired) electrons. The zero-order valence-electron chi connectivity index (χ0n) is 17.2. The van der Waals surface area contributed by atoms with Crippen LogP contribution >= 0.6 is 0 Å². The van der Waals surface area contributed by atoms with E-state index in [2.05, 4.69) is 54.0 Å². The van der Waals surface area contributed by atoms with Gasteiger partial charge in [-0.3, -0.25) is 9.91 Å². The Morgan fingerprint density at radius 2 is 2.26 bits per heavy atom. The number of hydrazine groups is 1. The first-order chi connectivity index (χ1) is 13.0. The number of nitrogens with zero attached hydrogens (tertiary/aromatic N) is 3. The van der Waals surface area contributed by atoms with Crippen LogP contribution in [0.2, 0.25) is 6.32 Å². The average Bonchev–Trinajstić information content (AvgIpc) is 3.13. The summed E-state index contributed by atoms with van der Waals surface area (Å²) in [4.78, 5) is 6.69. The highest BCUT2D eigenvalue weighted by molar-refractivity contribution is 6.32. The molecular weight excluding hydrogens is 331 g/mol. The van der Waals surface area contributed by atoms with Gasteiger partial charge in [-0.15, -0.1) is 0 Å². The third-order valence-electron chi connectivity index (χ3n) is 4.90. The second kappa shape index (κ2) is 10.1. The lowest BCUT2D eigenvalue weighted by molar-refractivity contribution is 0.401. The summed E-state index contributed by atoms with van der Waals surface area (Å²) in [5.74, 6) is 0.622. The molecule has 1 heterocycles. The molecule has 4 nitrogen and oxygen atoms in total. The molecule has 27 heavy (non-hydrogen) atoms. The molecule has 0 amide bonds. The second-order valence-corrected chi connectivity index (χ2v) is 7.55. The molecule has 0 aliphatic carbocycles. The summed E-state index contributed by atoms with van der Waals surface area (Å²) >= 11 is 0. The van der Waals surface area contributed by atoms with Crippen molar-refractivity contribution >= 4 is 19.2 Å². The summed E-state index contributed by atoms with van der Waals surface area (Å²) < 4.78 is 0. The maximum Gasteiger partial charge on any atom is 0.230 e. The van der Waals surface area contributed by atoms with Gasteiger partial charge in [-0.05, 0) is 56.2 Å². The van der Waals surface area contributed by atoms with E-state index in [0.717, 1.165) is 60.5 Å². The molecule has 1 saturated heterocycles. The molecule has 1 aliphatic rings. The Kier molecular flexibility index (Phi) is 7.88. The van der Waals surface area contributed by atoms with Crippen molar-refractivity contribution in [3.05, 3.63) is 52.9 Å². The lowest BCUT2D eigenvalue weighted by Gasteiger charge is -2.23. The van der Waals surface area contributed by atoms with Gasteiger partial charge in [0.1, 0.15) is 0 Å². The van der Waals surface area contributed by atoms with Crippen molar-refractivity contribution in [3.8, 4) is 6.07 Å². The van der Waals surface area contributed by atoms with E-state index in [9.17, 15) is 5.26 Å². The molecule has 0 spiro atoms. The largest absolute Gasteiger partial charge is 0.330 e. The van der Waals surface area contributed by atoms with E-state index in [1.165, 1.54) is 12.7 Å². The van der Waals surface area contributed by atoms with Crippen molar-refractivity contribution < 1.29 is 0 Å². The van der Waals surface area contributed by atoms with E-state index in [1.54, 1.807) is 6.21 Å². The molecule has 0 bridgehead atoms. The van der Waals surface area contributed by atoms with Crippen molar-refractivity contribution in [2.45, 2.75) is 53.3 Å². The predicted octanol–water partition coefficient (Wildman–Crippen LogP) is 4.46. The summed E-state index contributed by atoms with van der Waals surface area (Å²) in [7, 11) is 1.03. The Hall–Kier alpha value is -2.32. The molecule has 0 saturated carbocycles. The quantitative estimate of drug-likeness (QED) is 0.422. The van der Waals surface area contributed by atoms with E-state index >= 15 is 0 Å². The number of aliphatic imine (C=N–C) groups is 1. The summed E-state index contributed by atoms with van der Waals surface area (Å²) in [5, 5.41) is 9.66. The number of hydrogen-bond acceptors (Lipinski definition) is 4. The third-order valence-corrected chi connectivity index (χ3v) is 4.90. The Morgan fingerprint density at radius 3 is 2.85 bits per heavy atom. The minimum Gasteiger partial charge on any atom is -0.330 e. The lowest BCUT2D eigenvalue weighted by atomic mass is 9.92. The number of hydrogen-bond donors (Lipinski definition) is 1. The standard InChI is InChI=1S/C22H31BN4/c1-6-25-17(4)22(18(5)26-27-13-7-12-23-27)20-11-10-19(9-8-16(2)3)21(14-20)15-24/h6,10-11,14,16,23,26H,5,7-9,12-13H2,1-4H3/b22-17-,25-6-. The first-order valence-electron chi connectivity index (χ1n) is 9.90. The van der Waals surface area contributed by atoms with Crippen LogP contribution in [0.3, 0.4) is 0 Å². The molecule has 0 atom stereocenters. The summed E-state index contributed by atoms with van der Waals surface area (Å²) in [5.41, 5.74) is 8.97. The minimum absolute atomic E-state index is 0.622. The Labute approximate surface area is 164 Å². The Balaban J connectivity index is 2.36. The molecule has 1 N–H and O–H groups in total. The highest BCUT2D eigenvalue weighted by atomic mass is 15.5. The maximum atomic E-state index is 9.66. The van der Waals surface area contributed by atoms with Gasteiger partial charge in [0.2, 0.25) is 7.41 Å². The van der Waals surface area contributed by atoms with Crippen LogP contribution in [-0.2, 0) is 6.42 Å². The first kappa shape index (κ1) is 21.0. The lowest BCUT2D eigenvalue weighted by Crippen LogP contribution is -2.36. The smallest absolute Gasteiger partial charge is 0.230 e. The Bertz CT molecular complexity index is 765. The second-order valence-electron chi connectivity index (χ2n) is 7.55. The minimum atomic E-state index is 0.622. The van der Waals surface area contributed by atoms with Gasteiger partial charge in [0, 0.05) is 24.0 Å². The summed E-state index contributed by atoms with van der Waals surface area (Å²) in [6.45, 7) is 13.6. The van der Waals surface area contributed by atoms with Gasteiger partial charge < -0.3 is 5.43 Å². The van der Waals surface area contributed by atoms with Crippen LogP contribution < -0.4 is 5.43 Å². The van der Waals surface area contributed by atoms with E-state index in [4.69, 9.17) is 0 Å². The first-order valence-corrected chi connectivity index (χ1v) is 9.90. The van der Waals surface area contributed by atoms with Crippen LogP contribution in [0.1, 0.15) is 57.2 Å². The molecule has 0 aromatic heterocycles. The van der Waals surface area contributed by atoms with E-state index in [0.29, 0.717) is 5.92 Å². The van der Waals surface area contributed by atoms with Gasteiger partial charge in [0.15, 0.2) is 0 Å². The zero-order chi connectivity index (χ0) is 19.8. The summed E-state index contributed by atoms with van der Waals surface area (Å²) in [6.07, 6.45) is 6.21. The van der Waals surface area contributed by atoms with E-state index in [1.807, 2.05) is 19.9 Å². The van der Waals surface area contributed by atoms with Crippen LogP contribution in [-0.4, -0.2) is 25.1 Å². The predicted molar refractivity (Wildman–Crippen MR) is 117 cm³/mol. The third kappa shape index (κ3) is 5.84. The molecule has 5 heteroatoms. The van der Waals surface area contributed by atoms with Gasteiger partial charge in [-0.1, -0.05) is 38.9 Å².